The van der Waals surface area contributed by atoms with Crippen molar-refractivity contribution in [3.8, 4) is 0 Å². The number of carbonyl (C=O) groups is 1. The van der Waals surface area contributed by atoms with Crippen molar-refractivity contribution in [1.82, 2.24) is 0 Å². The molecule has 2 heterocycles. The SMILES string of the molecule is CN1C(=CC=Cc2cc[n+](CCCCCC(=O)O)c3ccccc23)Sc2c1ccc1c([N+](=O)[O-])cc([N+](=O)[O-])cc21. The maximum atomic E-state index is 11.6. The Morgan fingerprint density at radius 3 is 2.56 bits per heavy atom. The second kappa shape index (κ2) is 11.8. The predicted molar refractivity (Wildman–Crippen MR) is 159 cm³/mol. The molecule has 0 spiro atoms. The van der Waals surface area contributed by atoms with Crippen molar-refractivity contribution in [2.24, 2.45) is 0 Å². The molecule has 1 aliphatic rings. The van der Waals surface area contributed by atoms with Crippen LogP contribution in [0.4, 0.5) is 17.1 Å². The van der Waals surface area contributed by atoms with Crippen LogP contribution >= 0.6 is 11.8 Å². The molecule has 208 valence electrons. The van der Waals surface area contributed by atoms with Crippen LogP contribution in [0, 0.1) is 20.2 Å². The van der Waals surface area contributed by atoms with Gasteiger partial charge in [0.1, 0.15) is 6.54 Å². The summed E-state index contributed by atoms with van der Waals surface area (Å²) in [6.07, 6.45) is 10.6. The highest BCUT2D eigenvalue weighted by atomic mass is 32.2. The van der Waals surface area contributed by atoms with E-state index >= 15 is 0 Å². The van der Waals surface area contributed by atoms with Crippen molar-refractivity contribution < 1.29 is 24.3 Å². The normalized spacial score (nSPS) is 13.9. The number of hydrogen-bond acceptors (Lipinski definition) is 7. The molecule has 0 atom stereocenters. The van der Waals surface area contributed by atoms with E-state index in [-0.39, 0.29) is 17.8 Å². The number of rotatable bonds is 10. The van der Waals surface area contributed by atoms with E-state index in [1.165, 1.54) is 17.8 Å². The molecule has 0 radical (unpaired) electrons. The molecule has 4 aromatic rings. The number of carboxylic acids is 1. The standard InChI is InChI=1S/C30H26N4O6S/c1-31-26-14-13-23-24(18-21(33(37)38)19-27(23)34(39)40)30(26)41-28(31)11-7-8-20-15-17-32(16-6-2-3-12-29(35)36)25-10-5-4-9-22(20)25/h4-5,7-11,13-15,17-19H,2-3,6,12,16H2,1H3/p+1. The average Bonchev–Trinajstić information content (AvgIpc) is 3.28. The Labute approximate surface area is 239 Å². The number of aromatic nitrogens is 1. The number of nitro benzene ring substituents is 2. The van der Waals surface area contributed by atoms with Crippen LogP contribution in [0.1, 0.15) is 31.2 Å². The molecule has 0 amide bonds. The third-order valence-corrected chi connectivity index (χ3v) is 8.35. The number of fused-ring (bicyclic) bond motifs is 4. The number of anilines is 1. The monoisotopic (exact) mass is 571 g/mol. The fourth-order valence-electron chi connectivity index (χ4n) is 5.05. The van der Waals surface area contributed by atoms with Crippen LogP contribution in [0.15, 0.2) is 82.9 Å². The summed E-state index contributed by atoms with van der Waals surface area (Å²) < 4.78 is 2.19. The molecule has 1 aliphatic heterocycles. The molecule has 10 nitrogen and oxygen atoms in total. The van der Waals surface area contributed by atoms with Gasteiger partial charge in [-0.2, -0.15) is 4.57 Å². The van der Waals surface area contributed by atoms with E-state index in [2.05, 4.69) is 22.8 Å². The van der Waals surface area contributed by atoms with Crippen LogP contribution in [0.2, 0.25) is 0 Å². The summed E-state index contributed by atoms with van der Waals surface area (Å²) in [6, 6.07) is 16.0. The Morgan fingerprint density at radius 1 is 1.00 bits per heavy atom. The number of nitrogens with zero attached hydrogens (tertiary/aromatic N) is 4. The fraction of sp³-hybridized carbons (Fsp3) is 0.200. The van der Waals surface area contributed by atoms with Crippen molar-refractivity contribution in [2.45, 2.75) is 37.1 Å². The number of carboxylic acid groups (broad SMARTS) is 1. The number of aryl methyl sites for hydroxylation is 1. The Morgan fingerprint density at radius 2 is 1.80 bits per heavy atom. The first-order valence-corrected chi connectivity index (χ1v) is 13.9. The second-order valence-electron chi connectivity index (χ2n) is 9.70. The van der Waals surface area contributed by atoms with Gasteiger partial charge in [-0.25, -0.2) is 0 Å². The first-order chi connectivity index (χ1) is 19.7. The quantitative estimate of drug-likeness (QED) is 0.0947. The molecular formula is C30H27N4O6S+. The van der Waals surface area contributed by atoms with Gasteiger partial charge in [-0.1, -0.05) is 36.0 Å². The van der Waals surface area contributed by atoms with Crippen LogP contribution in [0.25, 0.3) is 27.8 Å². The Balaban J connectivity index is 1.40. The van der Waals surface area contributed by atoms with E-state index in [1.807, 2.05) is 48.5 Å². The van der Waals surface area contributed by atoms with Crippen LogP contribution in [-0.4, -0.2) is 28.0 Å². The molecule has 5 rings (SSSR count). The van der Waals surface area contributed by atoms with Crippen LogP contribution in [0.5, 0.6) is 0 Å². The van der Waals surface area contributed by atoms with E-state index in [0.717, 1.165) is 57.5 Å². The van der Waals surface area contributed by atoms with Gasteiger partial charge in [0, 0.05) is 48.4 Å². The number of para-hydroxylation sites is 1. The van der Waals surface area contributed by atoms with E-state index in [9.17, 15) is 25.0 Å². The molecule has 0 saturated carbocycles. The molecule has 0 bridgehead atoms. The molecule has 0 aliphatic carbocycles. The van der Waals surface area contributed by atoms with Gasteiger partial charge < -0.3 is 10.0 Å². The van der Waals surface area contributed by atoms with Gasteiger partial charge in [-0.05, 0) is 42.7 Å². The molecule has 0 saturated heterocycles. The molecular weight excluding hydrogens is 544 g/mol. The molecule has 41 heavy (non-hydrogen) atoms. The van der Waals surface area contributed by atoms with Crippen molar-refractivity contribution >= 4 is 62.5 Å². The van der Waals surface area contributed by atoms with Crippen molar-refractivity contribution in [3.05, 3.63) is 104 Å². The van der Waals surface area contributed by atoms with E-state index < -0.39 is 15.8 Å². The minimum Gasteiger partial charge on any atom is -0.481 e. The lowest BCUT2D eigenvalue weighted by Crippen LogP contribution is -2.34. The van der Waals surface area contributed by atoms with Crippen molar-refractivity contribution in [3.63, 3.8) is 0 Å². The zero-order valence-corrected chi connectivity index (χ0v) is 23.0. The van der Waals surface area contributed by atoms with Gasteiger partial charge in [0.25, 0.3) is 11.4 Å². The number of nitro groups is 2. The van der Waals surface area contributed by atoms with Gasteiger partial charge in [-0.3, -0.25) is 25.0 Å². The summed E-state index contributed by atoms with van der Waals surface area (Å²) in [4.78, 5) is 35.4. The molecule has 0 unspecified atom stereocenters. The third-order valence-electron chi connectivity index (χ3n) is 7.10. The van der Waals surface area contributed by atoms with Crippen LogP contribution in [0.3, 0.4) is 0 Å². The van der Waals surface area contributed by atoms with Crippen LogP contribution < -0.4 is 9.47 Å². The average molecular weight is 572 g/mol. The highest BCUT2D eigenvalue weighted by molar-refractivity contribution is 8.04. The summed E-state index contributed by atoms with van der Waals surface area (Å²) in [7, 11) is 1.90. The first kappa shape index (κ1) is 27.8. The summed E-state index contributed by atoms with van der Waals surface area (Å²) in [5.74, 6) is -0.762. The van der Waals surface area contributed by atoms with Gasteiger partial charge >= 0.3 is 5.97 Å². The minimum absolute atomic E-state index is 0.194. The number of pyridine rings is 1. The minimum atomic E-state index is -0.762. The van der Waals surface area contributed by atoms with Crippen molar-refractivity contribution in [1.29, 1.82) is 0 Å². The highest BCUT2D eigenvalue weighted by Gasteiger charge is 2.28. The lowest BCUT2D eigenvalue weighted by Gasteiger charge is -2.13. The van der Waals surface area contributed by atoms with E-state index in [4.69, 9.17) is 5.11 Å². The number of benzene rings is 3. The summed E-state index contributed by atoms with van der Waals surface area (Å²) >= 11 is 1.42. The largest absolute Gasteiger partial charge is 0.481 e. The number of thioether (sulfide) groups is 1. The Bertz CT molecular complexity index is 1770. The topological polar surface area (TPSA) is 131 Å². The van der Waals surface area contributed by atoms with Gasteiger partial charge in [0.2, 0.25) is 5.52 Å². The lowest BCUT2D eigenvalue weighted by molar-refractivity contribution is -0.671. The molecule has 0 fully saturated rings. The highest BCUT2D eigenvalue weighted by Crippen LogP contribution is 2.50. The number of non-ortho nitro benzene ring substituents is 2. The van der Waals surface area contributed by atoms with E-state index in [0.29, 0.717) is 17.2 Å². The Kier molecular flexibility index (Phi) is 7.97. The van der Waals surface area contributed by atoms with Gasteiger partial charge in [0.15, 0.2) is 6.20 Å². The number of aliphatic carboxylic acids is 1. The lowest BCUT2D eigenvalue weighted by atomic mass is 10.1. The molecule has 1 aromatic heterocycles. The van der Waals surface area contributed by atoms with Gasteiger partial charge in [-0.15, -0.1) is 0 Å². The first-order valence-electron chi connectivity index (χ1n) is 13.1. The summed E-state index contributed by atoms with van der Waals surface area (Å²) in [6.45, 7) is 0.804. The predicted octanol–water partition coefficient (Wildman–Crippen LogP) is 6.84. The maximum absolute atomic E-state index is 11.6. The fourth-order valence-corrected chi connectivity index (χ4v) is 6.23. The maximum Gasteiger partial charge on any atom is 0.303 e. The van der Waals surface area contributed by atoms with Crippen LogP contribution in [-0.2, 0) is 11.3 Å². The molecule has 3 aromatic carbocycles. The zero-order chi connectivity index (χ0) is 29.1. The smallest absolute Gasteiger partial charge is 0.303 e. The second-order valence-corrected chi connectivity index (χ2v) is 10.7. The number of unbranched alkanes of at least 4 members (excludes halogenated alkanes) is 2. The van der Waals surface area contributed by atoms with E-state index in [1.54, 1.807) is 12.1 Å². The Hall–Kier alpha value is -4.77. The summed E-state index contributed by atoms with van der Waals surface area (Å²) in [5, 5.41) is 34.8. The summed E-state index contributed by atoms with van der Waals surface area (Å²) in [5.41, 5.74) is 2.36. The molecule has 11 heteroatoms. The number of hydrogen-bond donors (Lipinski definition) is 1. The number of allylic oxidation sites excluding steroid dienone is 2. The molecule has 1 N–H and O–H groups in total. The third kappa shape index (κ3) is 5.75. The zero-order valence-electron chi connectivity index (χ0n) is 22.2. The van der Waals surface area contributed by atoms with Gasteiger partial charge in [0.05, 0.1) is 37.4 Å². The van der Waals surface area contributed by atoms with Crippen molar-refractivity contribution in [2.75, 3.05) is 11.9 Å².